The molecule has 1 aromatic rings. The van der Waals surface area contributed by atoms with Crippen molar-refractivity contribution in [3.05, 3.63) is 22.7 Å². The average Bonchev–Trinajstić information content (AvgIpc) is 2.24. The summed E-state index contributed by atoms with van der Waals surface area (Å²) in [7, 11) is 2.05. The first kappa shape index (κ1) is 15.3. The first-order valence-corrected chi connectivity index (χ1v) is 6.70. The van der Waals surface area contributed by atoms with Gasteiger partial charge in [-0.2, -0.15) is 0 Å². The molecule has 18 heavy (non-hydrogen) atoms. The van der Waals surface area contributed by atoms with Crippen molar-refractivity contribution in [1.29, 1.82) is 0 Å². The minimum absolute atomic E-state index is 0.245. The van der Waals surface area contributed by atoms with Crippen molar-refractivity contribution < 1.29 is 0 Å². The Labute approximate surface area is 115 Å². The van der Waals surface area contributed by atoms with Gasteiger partial charge in [0.25, 0.3) is 0 Å². The molecule has 0 saturated carbocycles. The van der Waals surface area contributed by atoms with E-state index in [0.29, 0.717) is 17.6 Å². The van der Waals surface area contributed by atoms with Crippen molar-refractivity contribution in [1.82, 2.24) is 14.9 Å². The molecule has 0 bridgehead atoms. The third kappa shape index (κ3) is 5.29. The normalized spacial score (nSPS) is 13.3. The van der Waals surface area contributed by atoms with Gasteiger partial charge in [0.2, 0.25) is 0 Å². The number of hydrogen-bond acceptors (Lipinski definition) is 4. The van der Waals surface area contributed by atoms with Crippen molar-refractivity contribution in [3.8, 4) is 0 Å². The fraction of sp³-hybridized carbons (Fsp3) is 0.692. The number of aryl methyl sites for hydroxylation is 1. The van der Waals surface area contributed by atoms with Crippen molar-refractivity contribution >= 4 is 11.6 Å². The van der Waals surface area contributed by atoms with Crippen LogP contribution in [-0.2, 0) is 6.54 Å². The molecule has 5 heteroatoms. The van der Waals surface area contributed by atoms with Crippen LogP contribution in [0.3, 0.4) is 0 Å². The van der Waals surface area contributed by atoms with Gasteiger partial charge in [-0.15, -0.1) is 0 Å². The molecule has 0 aliphatic rings. The lowest BCUT2D eigenvalue weighted by Crippen LogP contribution is -2.32. The van der Waals surface area contributed by atoms with Crippen LogP contribution < -0.4 is 5.73 Å². The Morgan fingerprint density at radius 3 is 2.61 bits per heavy atom. The van der Waals surface area contributed by atoms with Gasteiger partial charge in [-0.25, -0.2) is 9.97 Å². The minimum Gasteiger partial charge on any atom is -0.327 e. The summed E-state index contributed by atoms with van der Waals surface area (Å²) < 4.78 is 0. The Morgan fingerprint density at radius 1 is 1.39 bits per heavy atom. The van der Waals surface area contributed by atoms with E-state index in [1.54, 1.807) is 6.07 Å². The minimum atomic E-state index is 0.245. The summed E-state index contributed by atoms with van der Waals surface area (Å²) in [6, 6.07) is 2.01. The molecule has 1 unspecified atom stereocenters. The van der Waals surface area contributed by atoms with E-state index in [0.717, 1.165) is 24.5 Å². The average molecular weight is 271 g/mol. The van der Waals surface area contributed by atoms with Gasteiger partial charge in [0.05, 0.1) is 6.54 Å². The lowest BCUT2D eigenvalue weighted by Gasteiger charge is -2.20. The van der Waals surface area contributed by atoms with Crippen LogP contribution in [0.4, 0.5) is 0 Å². The van der Waals surface area contributed by atoms with Crippen LogP contribution in [-0.4, -0.2) is 34.5 Å². The monoisotopic (exact) mass is 270 g/mol. The molecule has 0 fully saturated rings. The van der Waals surface area contributed by atoms with E-state index in [1.165, 1.54) is 0 Å². The highest BCUT2D eigenvalue weighted by atomic mass is 35.5. The maximum Gasteiger partial charge on any atom is 0.144 e. The van der Waals surface area contributed by atoms with Crippen molar-refractivity contribution in [2.75, 3.05) is 13.6 Å². The first-order valence-electron chi connectivity index (χ1n) is 6.32. The molecule has 2 N–H and O–H groups in total. The second kappa shape index (κ2) is 7.02. The van der Waals surface area contributed by atoms with Crippen LogP contribution in [0.1, 0.15) is 31.8 Å². The molecule has 0 aliphatic carbocycles. The maximum atomic E-state index is 6.03. The molecule has 102 valence electrons. The molecule has 1 heterocycles. The van der Waals surface area contributed by atoms with Crippen LogP contribution >= 0.6 is 11.6 Å². The fourth-order valence-electron chi connectivity index (χ4n) is 1.68. The van der Waals surface area contributed by atoms with E-state index < -0.39 is 0 Å². The molecule has 0 saturated heterocycles. The Morgan fingerprint density at radius 2 is 2.06 bits per heavy atom. The maximum absolute atomic E-state index is 6.03. The topological polar surface area (TPSA) is 55.0 Å². The largest absolute Gasteiger partial charge is 0.327 e. The third-order valence-corrected chi connectivity index (χ3v) is 3.17. The zero-order valence-corrected chi connectivity index (χ0v) is 12.4. The van der Waals surface area contributed by atoms with Gasteiger partial charge in [-0.1, -0.05) is 25.4 Å². The Balaban J connectivity index is 2.46. The summed E-state index contributed by atoms with van der Waals surface area (Å²) in [6.45, 7) is 7.86. The van der Waals surface area contributed by atoms with Gasteiger partial charge in [-0.3, -0.25) is 4.90 Å². The van der Waals surface area contributed by atoms with Crippen molar-refractivity contribution in [3.63, 3.8) is 0 Å². The molecule has 0 radical (unpaired) electrons. The van der Waals surface area contributed by atoms with E-state index in [-0.39, 0.29) is 6.04 Å². The fourth-order valence-corrected chi connectivity index (χ4v) is 1.94. The number of aromatic nitrogens is 2. The lowest BCUT2D eigenvalue weighted by molar-refractivity contribution is 0.290. The van der Waals surface area contributed by atoms with Gasteiger partial charge < -0.3 is 5.73 Å². The van der Waals surface area contributed by atoms with Gasteiger partial charge in [0.15, 0.2) is 0 Å². The van der Waals surface area contributed by atoms with Crippen LogP contribution in [0.5, 0.6) is 0 Å². The summed E-state index contributed by atoms with van der Waals surface area (Å²) in [5, 5.41) is 0.504. The summed E-state index contributed by atoms with van der Waals surface area (Å²) in [5.74, 6) is 1.28. The second-order valence-corrected chi connectivity index (χ2v) is 5.57. The molecule has 4 nitrogen and oxygen atoms in total. The van der Waals surface area contributed by atoms with E-state index in [9.17, 15) is 0 Å². The van der Waals surface area contributed by atoms with Crippen LogP contribution in [0, 0.1) is 12.8 Å². The molecule has 0 spiro atoms. The van der Waals surface area contributed by atoms with Gasteiger partial charge in [0.1, 0.15) is 11.0 Å². The highest BCUT2D eigenvalue weighted by molar-refractivity contribution is 6.29. The predicted molar refractivity (Wildman–Crippen MR) is 75.5 cm³/mol. The van der Waals surface area contributed by atoms with E-state index in [4.69, 9.17) is 17.3 Å². The molecule has 0 aliphatic heterocycles. The molecular weight excluding hydrogens is 248 g/mol. The van der Waals surface area contributed by atoms with Crippen LogP contribution in [0.25, 0.3) is 0 Å². The Bertz CT molecular complexity index is 361. The Kier molecular flexibility index (Phi) is 5.99. The number of halogens is 1. The number of hydrogen-bond donors (Lipinski definition) is 1. The van der Waals surface area contributed by atoms with Gasteiger partial charge in [-0.05, 0) is 38.9 Å². The van der Waals surface area contributed by atoms with Crippen LogP contribution in [0.2, 0.25) is 5.15 Å². The van der Waals surface area contributed by atoms with Crippen LogP contribution in [0.15, 0.2) is 6.07 Å². The van der Waals surface area contributed by atoms with Crippen molar-refractivity contribution in [2.24, 2.45) is 11.7 Å². The molecule has 1 atom stereocenters. The predicted octanol–water partition coefficient (Wildman–Crippen LogP) is 2.24. The first-order chi connectivity index (χ1) is 8.38. The molecule has 0 aromatic carbocycles. The van der Waals surface area contributed by atoms with E-state index in [2.05, 4.69) is 28.7 Å². The quantitative estimate of drug-likeness (QED) is 0.806. The molecule has 1 aromatic heterocycles. The second-order valence-electron chi connectivity index (χ2n) is 5.18. The number of rotatable bonds is 6. The summed E-state index contributed by atoms with van der Waals surface area (Å²) in [4.78, 5) is 10.8. The SMILES string of the molecule is Cc1cc(Cl)nc(CN(C)CCC(N)C(C)C)n1. The van der Waals surface area contributed by atoms with Gasteiger partial charge >= 0.3 is 0 Å². The molecule has 0 amide bonds. The lowest BCUT2D eigenvalue weighted by atomic mass is 10.0. The van der Waals surface area contributed by atoms with Gasteiger partial charge in [0, 0.05) is 11.7 Å². The summed E-state index contributed by atoms with van der Waals surface area (Å²) >= 11 is 5.91. The smallest absolute Gasteiger partial charge is 0.144 e. The number of nitrogens with two attached hydrogens (primary N) is 1. The zero-order valence-electron chi connectivity index (χ0n) is 11.7. The van der Waals surface area contributed by atoms with E-state index in [1.807, 2.05) is 14.0 Å². The Hall–Kier alpha value is -0.710. The van der Waals surface area contributed by atoms with E-state index >= 15 is 0 Å². The third-order valence-electron chi connectivity index (χ3n) is 2.98. The zero-order chi connectivity index (χ0) is 13.7. The molecule has 1 rings (SSSR count). The molecular formula is C13H23ClN4. The van der Waals surface area contributed by atoms with Crippen molar-refractivity contribution in [2.45, 2.75) is 39.8 Å². The summed E-state index contributed by atoms with van der Waals surface area (Å²) in [6.07, 6.45) is 0.980. The highest BCUT2D eigenvalue weighted by Gasteiger charge is 2.10. The standard InChI is InChI=1S/C13H23ClN4/c1-9(2)11(15)5-6-18(4)8-13-16-10(3)7-12(14)17-13/h7,9,11H,5-6,8,15H2,1-4H3. The highest BCUT2D eigenvalue weighted by Crippen LogP contribution is 2.09. The number of nitrogens with zero attached hydrogens (tertiary/aromatic N) is 3. The summed E-state index contributed by atoms with van der Waals surface area (Å²) in [5.41, 5.74) is 6.93.